The molecule has 2 aromatic rings. The Morgan fingerprint density at radius 2 is 1.81 bits per heavy atom. The highest BCUT2D eigenvalue weighted by Gasteiger charge is 2.24. The van der Waals surface area contributed by atoms with E-state index in [9.17, 15) is 13.6 Å². The quantitative estimate of drug-likeness (QED) is 0.667. The second kappa shape index (κ2) is 7.76. The minimum Gasteiger partial charge on any atom is -0.443 e. The first-order valence-corrected chi connectivity index (χ1v) is 8.48. The van der Waals surface area contributed by atoms with E-state index in [4.69, 9.17) is 27.9 Å². The van der Waals surface area contributed by atoms with E-state index >= 15 is 0 Å². The van der Waals surface area contributed by atoms with Gasteiger partial charge in [0.25, 0.3) is 0 Å². The minimum absolute atomic E-state index is 0.0790. The zero-order valence-corrected chi connectivity index (χ0v) is 16.3. The Kier molecular flexibility index (Phi) is 6.09. The van der Waals surface area contributed by atoms with E-state index in [-0.39, 0.29) is 17.1 Å². The van der Waals surface area contributed by atoms with Crippen molar-refractivity contribution in [1.82, 2.24) is 4.98 Å². The highest BCUT2D eigenvalue weighted by Crippen LogP contribution is 2.29. The van der Waals surface area contributed by atoms with Gasteiger partial charge < -0.3 is 4.74 Å². The number of hydrogen-bond donors (Lipinski definition) is 0. The van der Waals surface area contributed by atoms with E-state index in [1.54, 1.807) is 20.8 Å². The molecule has 4 nitrogen and oxygen atoms in total. The monoisotopic (exact) mass is 402 g/mol. The van der Waals surface area contributed by atoms with Gasteiger partial charge in [0.05, 0.1) is 21.4 Å². The third kappa shape index (κ3) is 5.05. The van der Waals surface area contributed by atoms with Gasteiger partial charge in [-0.25, -0.2) is 13.6 Å². The van der Waals surface area contributed by atoms with Crippen LogP contribution < -0.4 is 4.90 Å². The predicted molar refractivity (Wildman–Crippen MR) is 98.1 cm³/mol. The summed E-state index contributed by atoms with van der Waals surface area (Å²) in [5, 5.41) is 0.642. The number of ether oxygens (including phenoxy) is 1. The fourth-order valence-electron chi connectivity index (χ4n) is 2.21. The number of aromatic nitrogens is 1. The number of anilines is 1. The molecule has 0 aliphatic carbocycles. The Bertz CT molecular complexity index is 839. The molecule has 140 valence electrons. The van der Waals surface area contributed by atoms with Crippen LogP contribution in [-0.2, 0) is 11.2 Å². The lowest BCUT2D eigenvalue weighted by Gasteiger charge is -2.26. The molecule has 0 atom stereocenters. The number of hydrogen-bond acceptors (Lipinski definition) is 3. The Labute approximate surface area is 160 Å². The fraction of sp³-hybridized carbons (Fsp3) is 0.333. The van der Waals surface area contributed by atoms with Crippen molar-refractivity contribution in [2.45, 2.75) is 32.8 Å². The van der Waals surface area contributed by atoms with Crippen LogP contribution in [-0.4, -0.2) is 23.7 Å². The molecule has 0 spiro atoms. The molecule has 1 amide bonds. The molecule has 0 aliphatic heterocycles. The van der Waals surface area contributed by atoms with Crippen LogP contribution in [0.5, 0.6) is 0 Å². The standard InChI is InChI=1S/C18H18Cl2F2N2O2/c1-18(2,3)26-17(25)24(4)16-8-14(22)13(21)5-10(16)6-15-12(20)7-11(19)9-23-15/h5,7-9H,6H2,1-4H3. The van der Waals surface area contributed by atoms with E-state index in [0.29, 0.717) is 16.3 Å². The van der Waals surface area contributed by atoms with E-state index in [2.05, 4.69) is 4.98 Å². The molecule has 2 rings (SSSR count). The van der Waals surface area contributed by atoms with Crippen LogP contribution in [0.2, 0.25) is 10.0 Å². The summed E-state index contributed by atoms with van der Waals surface area (Å²) < 4.78 is 32.8. The molecule has 1 aromatic heterocycles. The van der Waals surface area contributed by atoms with Gasteiger partial charge in [-0.1, -0.05) is 23.2 Å². The summed E-state index contributed by atoms with van der Waals surface area (Å²) in [5.74, 6) is -2.11. The first-order valence-electron chi connectivity index (χ1n) is 7.72. The SMILES string of the molecule is CN(C(=O)OC(C)(C)C)c1cc(F)c(F)cc1Cc1ncc(Cl)cc1Cl. The molecule has 26 heavy (non-hydrogen) atoms. The molecule has 0 unspecified atom stereocenters. The van der Waals surface area contributed by atoms with Crippen molar-refractivity contribution in [1.29, 1.82) is 0 Å². The maximum Gasteiger partial charge on any atom is 0.414 e. The minimum atomic E-state index is -1.07. The first kappa shape index (κ1) is 20.4. The number of benzene rings is 1. The summed E-state index contributed by atoms with van der Waals surface area (Å²) in [6, 6.07) is 3.46. The Balaban J connectivity index is 2.42. The third-order valence-corrected chi connectivity index (χ3v) is 3.93. The Morgan fingerprint density at radius 1 is 1.19 bits per heavy atom. The summed E-state index contributed by atoms with van der Waals surface area (Å²) in [6.07, 6.45) is 0.787. The first-order chi connectivity index (χ1) is 12.0. The molecular weight excluding hydrogens is 385 g/mol. The summed E-state index contributed by atoms with van der Waals surface area (Å²) in [7, 11) is 1.42. The van der Waals surface area contributed by atoms with Gasteiger partial charge in [-0.3, -0.25) is 9.88 Å². The third-order valence-electron chi connectivity index (χ3n) is 3.39. The number of carbonyl (C=O) groups is 1. The average molecular weight is 403 g/mol. The smallest absolute Gasteiger partial charge is 0.414 e. The maximum atomic E-state index is 13.8. The predicted octanol–water partition coefficient (Wildman–Crippen LogP) is 5.63. The zero-order chi connectivity index (χ0) is 19.6. The molecular formula is C18H18Cl2F2N2O2. The van der Waals surface area contributed by atoms with Crippen molar-refractivity contribution in [2.24, 2.45) is 0 Å². The van der Waals surface area contributed by atoms with Gasteiger partial charge in [0, 0.05) is 25.7 Å². The zero-order valence-electron chi connectivity index (χ0n) is 14.7. The van der Waals surface area contributed by atoms with Crippen molar-refractivity contribution in [2.75, 3.05) is 11.9 Å². The molecule has 0 bridgehead atoms. The number of pyridine rings is 1. The number of rotatable bonds is 3. The molecule has 8 heteroatoms. The van der Waals surface area contributed by atoms with Crippen molar-refractivity contribution in [3.05, 3.63) is 57.3 Å². The highest BCUT2D eigenvalue weighted by atomic mass is 35.5. The van der Waals surface area contributed by atoms with Gasteiger partial charge in [0.15, 0.2) is 11.6 Å². The van der Waals surface area contributed by atoms with E-state index in [1.807, 2.05) is 0 Å². The lowest BCUT2D eigenvalue weighted by molar-refractivity contribution is 0.0589. The summed E-state index contributed by atoms with van der Waals surface area (Å²) in [5.41, 5.74) is 0.173. The van der Waals surface area contributed by atoms with Gasteiger partial charge in [-0.2, -0.15) is 0 Å². The molecule has 0 fully saturated rings. The summed E-state index contributed by atoms with van der Waals surface area (Å²) in [6.45, 7) is 5.13. The molecule has 0 saturated heterocycles. The van der Waals surface area contributed by atoms with Crippen molar-refractivity contribution in [3.63, 3.8) is 0 Å². The largest absolute Gasteiger partial charge is 0.443 e. The van der Waals surface area contributed by atoms with Crippen LogP contribution in [0.3, 0.4) is 0 Å². The van der Waals surface area contributed by atoms with Crippen LogP contribution >= 0.6 is 23.2 Å². The number of amides is 1. The van der Waals surface area contributed by atoms with Gasteiger partial charge in [0.2, 0.25) is 0 Å². The van der Waals surface area contributed by atoms with Crippen LogP contribution in [0.25, 0.3) is 0 Å². The van der Waals surface area contributed by atoms with Crippen LogP contribution in [0, 0.1) is 11.6 Å². The van der Waals surface area contributed by atoms with Gasteiger partial charge in [-0.05, 0) is 38.5 Å². The Morgan fingerprint density at radius 3 is 2.38 bits per heavy atom. The topological polar surface area (TPSA) is 42.4 Å². The maximum absolute atomic E-state index is 13.8. The molecule has 0 saturated carbocycles. The van der Waals surface area contributed by atoms with Gasteiger partial charge in [-0.15, -0.1) is 0 Å². The molecule has 1 aromatic carbocycles. The number of halogens is 4. The molecule has 1 heterocycles. The summed E-state index contributed by atoms with van der Waals surface area (Å²) in [4.78, 5) is 17.5. The number of nitrogens with zero attached hydrogens (tertiary/aromatic N) is 2. The van der Waals surface area contributed by atoms with E-state index in [0.717, 1.165) is 17.0 Å². The second-order valence-corrected chi connectivity index (χ2v) is 7.54. The van der Waals surface area contributed by atoms with Crippen LogP contribution in [0.4, 0.5) is 19.3 Å². The van der Waals surface area contributed by atoms with E-state index < -0.39 is 23.3 Å². The molecule has 0 radical (unpaired) electrons. The highest BCUT2D eigenvalue weighted by molar-refractivity contribution is 6.34. The van der Waals surface area contributed by atoms with Crippen LogP contribution in [0.15, 0.2) is 24.4 Å². The summed E-state index contributed by atoms with van der Waals surface area (Å²) >= 11 is 11.9. The molecule has 0 N–H and O–H groups in total. The van der Waals surface area contributed by atoms with Gasteiger partial charge >= 0.3 is 6.09 Å². The Hall–Kier alpha value is -1.92. The normalized spacial score (nSPS) is 11.4. The average Bonchev–Trinajstić information content (AvgIpc) is 2.51. The van der Waals surface area contributed by atoms with Crippen molar-refractivity contribution < 1.29 is 18.3 Å². The van der Waals surface area contributed by atoms with Crippen molar-refractivity contribution in [3.8, 4) is 0 Å². The second-order valence-electron chi connectivity index (χ2n) is 6.69. The fourth-order valence-corrected chi connectivity index (χ4v) is 2.66. The number of carbonyl (C=O) groups excluding carboxylic acids is 1. The van der Waals surface area contributed by atoms with Crippen LogP contribution in [0.1, 0.15) is 32.0 Å². The van der Waals surface area contributed by atoms with Crippen molar-refractivity contribution >= 4 is 35.0 Å². The van der Waals surface area contributed by atoms with Gasteiger partial charge in [0.1, 0.15) is 5.60 Å². The van der Waals surface area contributed by atoms with E-state index in [1.165, 1.54) is 19.3 Å². The lowest BCUT2D eigenvalue weighted by Crippen LogP contribution is -2.34. The lowest BCUT2D eigenvalue weighted by atomic mass is 10.1. The molecule has 0 aliphatic rings.